The van der Waals surface area contributed by atoms with E-state index in [9.17, 15) is 4.79 Å². The number of carboxylic acid groups (broad SMARTS) is 1. The summed E-state index contributed by atoms with van der Waals surface area (Å²) >= 11 is 0. The molecule has 0 aliphatic carbocycles. The van der Waals surface area contributed by atoms with Gasteiger partial charge in [-0.2, -0.15) is 0 Å². The number of hydrogen-bond donors (Lipinski definition) is 1. The third kappa shape index (κ3) is 3.09. The molecule has 20 heavy (non-hydrogen) atoms. The van der Waals surface area contributed by atoms with Crippen molar-refractivity contribution in [1.82, 2.24) is 0 Å². The quantitative estimate of drug-likeness (QED) is 0.907. The summed E-state index contributed by atoms with van der Waals surface area (Å²) < 4.78 is 10.8. The second-order valence-corrected chi connectivity index (χ2v) is 4.37. The Labute approximate surface area is 117 Å². The van der Waals surface area contributed by atoms with E-state index in [4.69, 9.17) is 14.6 Å². The summed E-state index contributed by atoms with van der Waals surface area (Å²) in [5.41, 5.74) is 1.89. The van der Waals surface area contributed by atoms with Crippen molar-refractivity contribution in [3.8, 4) is 11.5 Å². The van der Waals surface area contributed by atoms with Gasteiger partial charge in [0.15, 0.2) is 0 Å². The number of aromatic carboxylic acids is 1. The lowest BCUT2D eigenvalue weighted by Crippen LogP contribution is -2.03. The first-order valence-electron chi connectivity index (χ1n) is 6.20. The number of ether oxygens (including phenoxy) is 2. The van der Waals surface area contributed by atoms with Gasteiger partial charge in [0, 0.05) is 5.56 Å². The summed E-state index contributed by atoms with van der Waals surface area (Å²) in [5, 5.41) is 9.06. The summed E-state index contributed by atoms with van der Waals surface area (Å²) in [6.07, 6.45) is 0. The summed E-state index contributed by atoms with van der Waals surface area (Å²) in [7, 11) is 1.62. The van der Waals surface area contributed by atoms with Crippen LogP contribution in [0.5, 0.6) is 11.5 Å². The minimum atomic E-state index is -0.947. The maximum atomic E-state index is 11.0. The molecule has 2 rings (SSSR count). The van der Waals surface area contributed by atoms with Crippen LogP contribution in [-0.2, 0) is 6.61 Å². The van der Waals surface area contributed by atoms with Crippen molar-refractivity contribution >= 4 is 5.97 Å². The first-order chi connectivity index (χ1) is 9.61. The monoisotopic (exact) mass is 272 g/mol. The highest BCUT2D eigenvalue weighted by Crippen LogP contribution is 2.22. The van der Waals surface area contributed by atoms with E-state index in [-0.39, 0.29) is 5.56 Å². The highest BCUT2D eigenvalue weighted by Gasteiger charge is 2.10. The lowest BCUT2D eigenvalue weighted by atomic mass is 10.1. The lowest BCUT2D eigenvalue weighted by Gasteiger charge is -2.11. The topological polar surface area (TPSA) is 55.8 Å². The maximum Gasteiger partial charge on any atom is 0.336 e. The third-order valence-corrected chi connectivity index (χ3v) is 3.07. The zero-order valence-corrected chi connectivity index (χ0v) is 11.4. The number of carboxylic acids is 1. The van der Waals surface area contributed by atoms with Crippen LogP contribution in [0.25, 0.3) is 0 Å². The average molecular weight is 272 g/mol. The van der Waals surface area contributed by atoms with E-state index in [1.165, 1.54) is 0 Å². The molecule has 0 saturated heterocycles. The van der Waals surface area contributed by atoms with Gasteiger partial charge in [0.25, 0.3) is 0 Å². The Bertz CT molecular complexity index is 602. The standard InChI is InChI=1S/C16H16O4/c1-11-14(16(17)18)4-3-5-15(11)20-10-12-6-8-13(19-2)9-7-12/h3-9H,10H2,1-2H3,(H,17,18). The summed E-state index contributed by atoms with van der Waals surface area (Å²) in [6.45, 7) is 2.13. The van der Waals surface area contributed by atoms with Crippen LogP contribution in [0.15, 0.2) is 42.5 Å². The highest BCUT2D eigenvalue weighted by atomic mass is 16.5. The van der Waals surface area contributed by atoms with Gasteiger partial charge in [-0.3, -0.25) is 0 Å². The first-order valence-corrected chi connectivity index (χ1v) is 6.20. The second-order valence-electron chi connectivity index (χ2n) is 4.37. The van der Waals surface area contributed by atoms with Crippen molar-refractivity contribution in [2.75, 3.05) is 7.11 Å². The SMILES string of the molecule is COc1ccc(COc2cccc(C(=O)O)c2C)cc1. The van der Waals surface area contributed by atoms with Gasteiger partial charge in [0.1, 0.15) is 18.1 Å². The fourth-order valence-corrected chi connectivity index (χ4v) is 1.89. The predicted molar refractivity (Wildman–Crippen MR) is 75.5 cm³/mol. The minimum Gasteiger partial charge on any atom is -0.497 e. The molecule has 4 heteroatoms. The Morgan fingerprint density at radius 3 is 2.45 bits per heavy atom. The largest absolute Gasteiger partial charge is 0.497 e. The van der Waals surface area contributed by atoms with Crippen molar-refractivity contribution in [3.05, 3.63) is 59.2 Å². The Balaban J connectivity index is 2.10. The minimum absolute atomic E-state index is 0.261. The fourth-order valence-electron chi connectivity index (χ4n) is 1.89. The van der Waals surface area contributed by atoms with Crippen molar-refractivity contribution in [2.45, 2.75) is 13.5 Å². The number of benzene rings is 2. The van der Waals surface area contributed by atoms with Gasteiger partial charge in [-0.05, 0) is 36.8 Å². The number of rotatable bonds is 5. The van der Waals surface area contributed by atoms with Crippen LogP contribution in [0.1, 0.15) is 21.5 Å². The zero-order valence-electron chi connectivity index (χ0n) is 11.4. The fraction of sp³-hybridized carbons (Fsp3) is 0.188. The Kier molecular flexibility index (Phi) is 4.25. The zero-order chi connectivity index (χ0) is 14.5. The van der Waals surface area contributed by atoms with Crippen LogP contribution in [0.2, 0.25) is 0 Å². The Morgan fingerprint density at radius 1 is 1.15 bits per heavy atom. The molecular formula is C16H16O4. The van der Waals surface area contributed by atoms with Gasteiger partial charge < -0.3 is 14.6 Å². The van der Waals surface area contributed by atoms with E-state index in [0.717, 1.165) is 11.3 Å². The molecule has 4 nitrogen and oxygen atoms in total. The van der Waals surface area contributed by atoms with Gasteiger partial charge in [-0.25, -0.2) is 4.79 Å². The molecule has 0 saturated carbocycles. The molecule has 0 fully saturated rings. The van der Waals surface area contributed by atoms with Crippen molar-refractivity contribution < 1.29 is 19.4 Å². The van der Waals surface area contributed by atoms with Crippen LogP contribution in [0.4, 0.5) is 0 Å². The summed E-state index contributed by atoms with van der Waals surface area (Å²) in [5.74, 6) is 0.427. The van der Waals surface area contributed by atoms with E-state index in [1.807, 2.05) is 24.3 Å². The molecule has 0 aromatic heterocycles. The van der Waals surface area contributed by atoms with Crippen molar-refractivity contribution in [3.63, 3.8) is 0 Å². The highest BCUT2D eigenvalue weighted by molar-refractivity contribution is 5.90. The molecular weight excluding hydrogens is 256 g/mol. The molecule has 0 atom stereocenters. The Hall–Kier alpha value is -2.49. The molecule has 0 radical (unpaired) electrons. The molecule has 0 bridgehead atoms. The Morgan fingerprint density at radius 2 is 1.85 bits per heavy atom. The lowest BCUT2D eigenvalue weighted by molar-refractivity contribution is 0.0695. The van der Waals surface area contributed by atoms with Crippen LogP contribution in [-0.4, -0.2) is 18.2 Å². The average Bonchev–Trinajstić information content (AvgIpc) is 2.46. The number of hydrogen-bond acceptors (Lipinski definition) is 3. The van der Waals surface area contributed by atoms with E-state index in [2.05, 4.69) is 0 Å². The van der Waals surface area contributed by atoms with Gasteiger partial charge in [-0.15, -0.1) is 0 Å². The van der Waals surface area contributed by atoms with Crippen molar-refractivity contribution in [2.24, 2.45) is 0 Å². The normalized spacial score (nSPS) is 10.1. The molecule has 0 aliphatic heterocycles. The number of carbonyl (C=O) groups is 1. The van der Waals surface area contributed by atoms with Gasteiger partial charge in [-0.1, -0.05) is 18.2 Å². The van der Waals surface area contributed by atoms with Gasteiger partial charge in [0.05, 0.1) is 12.7 Å². The molecule has 2 aromatic rings. The summed E-state index contributed by atoms with van der Waals surface area (Å²) in [4.78, 5) is 11.0. The molecule has 0 spiro atoms. The van der Waals surface area contributed by atoms with Gasteiger partial charge >= 0.3 is 5.97 Å². The van der Waals surface area contributed by atoms with E-state index in [1.54, 1.807) is 32.2 Å². The van der Waals surface area contributed by atoms with E-state index < -0.39 is 5.97 Å². The molecule has 2 aromatic carbocycles. The summed E-state index contributed by atoms with van der Waals surface area (Å²) in [6, 6.07) is 12.6. The van der Waals surface area contributed by atoms with E-state index in [0.29, 0.717) is 17.9 Å². The second kappa shape index (κ2) is 6.10. The predicted octanol–water partition coefficient (Wildman–Crippen LogP) is 3.28. The third-order valence-electron chi connectivity index (χ3n) is 3.07. The van der Waals surface area contributed by atoms with Crippen LogP contribution >= 0.6 is 0 Å². The smallest absolute Gasteiger partial charge is 0.336 e. The molecule has 1 N–H and O–H groups in total. The van der Waals surface area contributed by atoms with Crippen LogP contribution in [0, 0.1) is 6.92 Å². The maximum absolute atomic E-state index is 11.0. The van der Waals surface area contributed by atoms with Crippen LogP contribution < -0.4 is 9.47 Å². The number of methoxy groups -OCH3 is 1. The van der Waals surface area contributed by atoms with E-state index >= 15 is 0 Å². The molecule has 104 valence electrons. The van der Waals surface area contributed by atoms with Crippen molar-refractivity contribution in [1.29, 1.82) is 0 Å². The van der Waals surface area contributed by atoms with Crippen LogP contribution in [0.3, 0.4) is 0 Å². The molecule has 0 unspecified atom stereocenters. The van der Waals surface area contributed by atoms with Gasteiger partial charge in [0.2, 0.25) is 0 Å². The molecule has 0 heterocycles. The first kappa shape index (κ1) is 13.9. The molecule has 0 aliphatic rings. The molecule has 0 amide bonds.